The summed E-state index contributed by atoms with van der Waals surface area (Å²) in [6, 6.07) is 9.73. The van der Waals surface area contributed by atoms with Crippen molar-refractivity contribution in [3.05, 3.63) is 53.6 Å². The van der Waals surface area contributed by atoms with Gasteiger partial charge in [0.25, 0.3) is 0 Å². The van der Waals surface area contributed by atoms with Gasteiger partial charge >= 0.3 is 0 Å². The molecular formula is C16H15F2N3. The van der Waals surface area contributed by atoms with Gasteiger partial charge in [0.1, 0.15) is 11.3 Å². The second-order valence-electron chi connectivity index (χ2n) is 5.31. The molecule has 3 nitrogen and oxygen atoms in total. The third kappa shape index (κ3) is 2.24. The zero-order valence-corrected chi connectivity index (χ0v) is 11.8. The van der Waals surface area contributed by atoms with Crippen LogP contribution in [0.3, 0.4) is 0 Å². The van der Waals surface area contributed by atoms with Crippen molar-refractivity contribution in [1.29, 1.82) is 0 Å². The van der Waals surface area contributed by atoms with E-state index in [9.17, 15) is 8.78 Å². The second-order valence-corrected chi connectivity index (χ2v) is 5.31. The van der Waals surface area contributed by atoms with Crippen LogP contribution < -0.4 is 5.73 Å². The monoisotopic (exact) mass is 287 g/mol. The van der Waals surface area contributed by atoms with Crippen LogP contribution in [-0.4, -0.2) is 9.55 Å². The SMILES string of the molecule is CC(C)c1ccc(-n2c(N)nc3c(F)cc(F)cc32)cc1. The largest absolute Gasteiger partial charge is 0.369 e. The maximum Gasteiger partial charge on any atom is 0.206 e. The van der Waals surface area contributed by atoms with Crippen LogP contribution in [0.25, 0.3) is 16.7 Å². The molecule has 2 aromatic carbocycles. The van der Waals surface area contributed by atoms with Gasteiger partial charge in [-0.05, 0) is 23.6 Å². The molecule has 0 fully saturated rings. The van der Waals surface area contributed by atoms with Crippen molar-refractivity contribution in [3.8, 4) is 5.69 Å². The van der Waals surface area contributed by atoms with Crippen molar-refractivity contribution < 1.29 is 8.78 Å². The van der Waals surface area contributed by atoms with Crippen molar-refractivity contribution in [1.82, 2.24) is 9.55 Å². The number of nitrogens with two attached hydrogens (primary N) is 1. The van der Waals surface area contributed by atoms with Crippen molar-refractivity contribution >= 4 is 17.0 Å². The lowest BCUT2D eigenvalue weighted by molar-refractivity contribution is 0.590. The Hall–Kier alpha value is -2.43. The van der Waals surface area contributed by atoms with Gasteiger partial charge in [-0.1, -0.05) is 26.0 Å². The highest BCUT2D eigenvalue weighted by atomic mass is 19.1. The van der Waals surface area contributed by atoms with Crippen LogP contribution in [0.2, 0.25) is 0 Å². The number of halogens is 2. The quantitative estimate of drug-likeness (QED) is 0.774. The van der Waals surface area contributed by atoms with Gasteiger partial charge in [-0.2, -0.15) is 0 Å². The molecule has 0 unspecified atom stereocenters. The zero-order chi connectivity index (χ0) is 15.1. The van der Waals surface area contributed by atoms with E-state index in [1.54, 1.807) is 4.57 Å². The number of fused-ring (bicyclic) bond motifs is 1. The molecule has 3 aromatic rings. The van der Waals surface area contributed by atoms with Crippen molar-refractivity contribution in [2.24, 2.45) is 0 Å². The predicted molar refractivity (Wildman–Crippen MR) is 79.5 cm³/mol. The molecule has 0 saturated carbocycles. The average Bonchev–Trinajstić information content (AvgIpc) is 2.75. The molecule has 5 heteroatoms. The van der Waals surface area contributed by atoms with E-state index in [1.807, 2.05) is 24.3 Å². The summed E-state index contributed by atoms with van der Waals surface area (Å²) in [7, 11) is 0. The topological polar surface area (TPSA) is 43.8 Å². The Balaban J connectivity index is 2.22. The number of anilines is 1. The number of benzene rings is 2. The molecule has 0 spiro atoms. The van der Waals surface area contributed by atoms with Gasteiger partial charge in [0.05, 0.1) is 5.52 Å². The first-order valence-corrected chi connectivity index (χ1v) is 6.70. The third-order valence-corrected chi connectivity index (χ3v) is 3.52. The molecule has 3 rings (SSSR count). The van der Waals surface area contributed by atoms with Crippen molar-refractivity contribution in [3.63, 3.8) is 0 Å². The highest BCUT2D eigenvalue weighted by Crippen LogP contribution is 2.26. The van der Waals surface area contributed by atoms with Gasteiger partial charge in [-0.3, -0.25) is 4.57 Å². The molecule has 2 N–H and O–H groups in total. The smallest absolute Gasteiger partial charge is 0.206 e. The number of nitrogen functional groups attached to an aromatic ring is 1. The molecule has 1 heterocycles. The molecule has 0 saturated heterocycles. The Morgan fingerprint density at radius 2 is 1.76 bits per heavy atom. The third-order valence-electron chi connectivity index (χ3n) is 3.52. The van der Waals surface area contributed by atoms with Crippen molar-refractivity contribution in [2.45, 2.75) is 19.8 Å². The standard InChI is InChI=1S/C16H15F2N3/c1-9(2)10-3-5-12(6-4-10)21-14-8-11(17)7-13(18)15(14)20-16(21)19/h3-9H,1-2H3,(H2,19,20). The Morgan fingerprint density at radius 3 is 2.38 bits per heavy atom. The van der Waals surface area contributed by atoms with E-state index in [-0.39, 0.29) is 11.5 Å². The van der Waals surface area contributed by atoms with Crippen LogP contribution in [0, 0.1) is 11.6 Å². The van der Waals surface area contributed by atoms with E-state index in [0.29, 0.717) is 11.4 Å². The number of nitrogens with zero attached hydrogens (tertiary/aromatic N) is 2. The van der Waals surface area contributed by atoms with Gasteiger partial charge in [0.2, 0.25) is 5.95 Å². The van der Waals surface area contributed by atoms with Crippen LogP contribution in [-0.2, 0) is 0 Å². The summed E-state index contributed by atoms with van der Waals surface area (Å²) in [5.74, 6) is -0.827. The first kappa shape index (κ1) is 13.5. The molecule has 0 aliphatic carbocycles. The first-order chi connectivity index (χ1) is 9.97. The highest BCUT2D eigenvalue weighted by Gasteiger charge is 2.15. The lowest BCUT2D eigenvalue weighted by atomic mass is 10.0. The van der Waals surface area contributed by atoms with Gasteiger partial charge < -0.3 is 5.73 Å². The predicted octanol–water partition coefficient (Wildman–Crippen LogP) is 4.01. The van der Waals surface area contributed by atoms with Gasteiger partial charge in [0, 0.05) is 17.8 Å². The fourth-order valence-corrected chi connectivity index (χ4v) is 2.40. The van der Waals surface area contributed by atoms with Crippen LogP contribution in [0.4, 0.5) is 14.7 Å². The number of hydrogen-bond acceptors (Lipinski definition) is 2. The molecule has 0 radical (unpaired) electrons. The van der Waals surface area contributed by atoms with E-state index < -0.39 is 11.6 Å². The Bertz CT molecular complexity index is 804. The van der Waals surface area contributed by atoms with Crippen LogP contribution in [0.15, 0.2) is 36.4 Å². The summed E-state index contributed by atoms with van der Waals surface area (Å²) in [5, 5.41) is 0. The lowest BCUT2D eigenvalue weighted by Crippen LogP contribution is -2.01. The molecule has 108 valence electrons. The molecule has 0 amide bonds. The lowest BCUT2D eigenvalue weighted by Gasteiger charge is -2.09. The number of rotatable bonds is 2. The number of aromatic nitrogens is 2. The summed E-state index contributed by atoms with van der Waals surface area (Å²) in [6.07, 6.45) is 0. The maximum absolute atomic E-state index is 13.8. The molecule has 21 heavy (non-hydrogen) atoms. The minimum absolute atomic E-state index is 0.0711. The van der Waals surface area contributed by atoms with Gasteiger partial charge in [-0.15, -0.1) is 0 Å². The summed E-state index contributed by atoms with van der Waals surface area (Å²) in [5.41, 5.74) is 8.16. The minimum atomic E-state index is -0.714. The minimum Gasteiger partial charge on any atom is -0.369 e. The molecule has 0 aliphatic rings. The average molecular weight is 287 g/mol. The van der Waals surface area contributed by atoms with E-state index in [4.69, 9.17) is 5.73 Å². The Labute approximate surface area is 121 Å². The molecule has 1 aromatic heterocycles. The Morgan fingerprint density at radius 1 is 1.10 bits per heavy atom. The van der Waals surface area contributed by atoms with Crippen LogP contribution >= 0.6 is 0 Å². The number of hydrogen-bond donors (Lipinski definition) is 1. The number of imidazole rings is 1. The van der Waals surface area contributed by atoms with Crippen LogP contribution in [0.1, 0.15) is 25.3 Å². The summed E-state index contributed by atoms with van der Waals surface area (Å²) in [6.45, 7) is 4.20. The second kappa shape index (κ2) is 4.84. The molecule has 0 bridgehead atoms. The summed E-state index contributed by atoms with van der Waals surface area (Å²) < 4.78 is 28.8. The molecular weight excluding hydrogens is 272 g/mol. The Kier molecular flexibility index (Phi) is 3.12. The van der Waals surface area contributed by atoms with E-state index in [0.717, 1.165) is 11.8 Å². The normalized spacial score (nSPS) is 11.5. The highest BCUT2D eigenvalue weighted by molar-refractivity contribution is 5.81. The fraction of sp³-hybridized carbons (Fsp3) is 0.188. The fourth-order valence-electron chi connectivity index (χ4n) is 2.40. The summed E-state index contributed by atoms with van der Waals surface area (Å²) >= 11 is 0. The van der Waals surface area contributed by atoms with Crippen LogP contribution in [0.5, 0.6) is 0 Å². The summed E-state index contributed by atoms with van der Waals surface area (Å²) in [4.78, 5) is 3.99. The maximum atomic E-state index is 13.8. The molecule has 0 aliphatic heterocycles. The van der Waals surface area contributed by atoms with E-state index in [1.165, 1.54) is 11.6 Å². The van der Waals surface area contributed by atoms with Gasteiger partial charge in [-0.25, -0.2) is 13.8 Å². The van der Waals surface area contributed by atoms with Gasteiger partial charge in [0.15, 0.2) is 5.82 Å². The van der Waals surface area contributed by atoms with Crippen molar-refractivity contribution in [2.75, 3.05) is 5.73 Å². The van der Waals surface area contributed by atoms with E-state index in [2.05, 4.69) is 18.8 Å². The first-order valence-electron chi connectivity index (χ1n) is 6.70. The van der Waals surface area contributed by atoms with E-state index >= 15 is 0 Å². The zero-order valence-electron chi connectivity index (χ0n) is 11.8. The molecule has 0 atom stereocenters.